The van der Waals surface area contributed by atoms with Gasteiger partial charge in [-0.25, -0.2) is 4.39 Å². The summed E-state index contributed by atoms with van der Waals surface area (Å²) >= 11 is 5.66. The van der Waals surface area contributed by atoms with Gasteiger partial charge in [0, 0.05) is 12.1 Å². The molecule has 0 spiro atoms. The summed E-state index contributed by atoms with van der Waals surface area (Å²) in [5, 5.41) is 16.0. The number of benzene rings is 1. The Labute approximate surface area is 156 Å². The van der Waals surface area contributed by atoms with Crippen molar-refractivity contribution < 1.29 is 19.1 Å². The lowest BCUT2D eigenvalue weighted by Crippen LogP contribution is -2.32. The van der Waals surface area contributed by atoms with Crippen LogP contribution in [0.1, 0.15) is 48.8 Å². The first kappa shape index (κ1) is 19.9. The highest BCUT2D eigenvalue weighted by molar-refractivity contribution is 6.30. The summed E-state index contributed by atoms with van der Waals surface area (Å²) in [5.41, 5.74) is 2.14. The minimum Gasteiger partial charge on any atom is -0.481 e. The summed E-state index contributed by atoms with van der Waals surface area (Å²) in [4.78, 5) is 23.5. The van der Waals surface area contributed by atoms with Crippen molar-refractivity contribution in [3.05, 3.63) is 52.1 Å². The standard InChI is InChI=1S/C18H21ClFN3O3/c1-10-6-11(2)23(22-10)12(3)7-17(24)21-16(9-18(25)26)13-4-5-14(19)15(20)8-13/h4-6,8,12,16H,7,9H2,1-3H3,(H,21,24)(H,25,26). The molecule has 2 aromatic rings. The molecule has 1 aromatic carbocycles. The molecule has 0 aliphatic carbocycles. The van der Waals surface area contributed by atoms with Crippen molar-refractivity contribution >= 4 is 23.5 Å². The van der Waals surface area contributed by atoms with Gasteiger partial charge in [-0.2, -0.15) is 5.10 Å². The zero-order valence-electron chi connectivity index (χ0n) is 14.8. The molecule has 8 heteroatoms. The maximum absolute atomic E-state index is 13.7. The first-order chi connectivity index (χ1) is 12.2. The number of nitrogens with one attached hydrogen (secondary N) is 1. The van der Waals surface area contributed by atoms with Crippen LogP contribution in [0.15, 0.2) is 24.3 Å². The lowest BCUT2D eigenvalue weighted by molar-refractivity contribution is -0.137. The molecule has 26 heavy (non-hydrogen) atoms. The SMILES string of the molecule is Cc1cc(C)n(C(C)CC(=O)NC(CC(=O)O)c2ccc(Cl)c(F)c2)n1. The van der Waals surface area contributed by atoms with Gasteiger partial charge < -0.3 is 10.4 Å². The minimum atomic E-state index is -1.10. The molecule has 0 radical (unpaired) electrons. The molecule has 140 valence electrons. The molecule has 0 fully saturated rings. The Kier molecular flexibility index (Phi) is 6.37. The Morgan fingerprint density at radius 2 is 2.00 bits per heavy atom. The summed E-state index contributed by atoms with van der Waals surface area (Å²) in [6, 6.07) is 4.85. The maximum atomic E-state index is 13.7. The summed E-state index contributed by atoms with van der Waals surface area (Å²) in [6.07, 6.45) is -0.241. The highest BCUT2D eigenvalue weighted by Crippen LogP contribution is 2.23. The van der Waals surface area contributed by atoms with E-state index in [1.54, 1.807) is 4.68 Å². The van der Waals surface area contributed by atoms with Gasteiger partial charge in [0.05, 0.1) is 29.2 Å². The molecule has 2 N–H and O–H groups in total. The van der Waals surface area contributed by atoms with Crippen LogP contribution in [0.4, 0.5) is 4.39 Å². The van der Waals surface area contributed by atoms with Crippen LogP contribution in [0.5, 0.6) is 0 Å². The Hall–Kier alpha value is -2.41. The van der Waals surface area contributed by atoms with Crippen LogP contribution in [-0.2, 0) is 9.59 Å². The predicted molar refractivity (Wildman–Crippen MR) is 95.6 cm³/mol. The smallest absolute Gasteiger partial charge is 0.305 e. The lowest BCUT2D eigenvalue weighted by Gasteiger charge is -2.20. The molecule has 0 aliphatic rings. The quantitative estimate of drug-likeness (QED) is 0.767. The van der Waals surface area contributed by atoms with Gasteiger partial charge in [0.15, 0.2) is 0 Å². The minimum absolute atomic E-state index is 0.0627. The number of carbonyl (C=O) groups is 2. The number of carboxylic acids is 1. The highest BCUT2D eigenvalue weighted by Gasteiger charge is 2.21. The zero-order valence-corrected chi connectivity index (χ0v) is 15.5. The number of hydrogen-bond acceptors (Lipinski definition) is 3. The van der Waals surface area contributed by atoms with Crippen molar-refractivity contribution in [2.24, 2.45) is 0 Å². The molecule has 0 saturated carbocycles. The van der Waals surface area contributed by atoms with Gasteiger partial charge in [-0.05, 0) is 44.5 Å². The summed E-state index contributed by atoms with van der Waals surface area (Å²) < 4.78 is 15.4. The third kappa shape index (κ3) is 5.05. The molecular weight excluding hydrogens is 361 g/mol. The molecule has 2 rings (SSSR count). The highest BCUT2D eigenvalue weighted by atomic mass is 35.5. The normalized spacial score (nSPS) is 13.3. The third-order valence-corrected chi connectivity index (χ3v) is 4.31. The number of carboxylic acid groups (broad SMARTS) is 1. The fourth-order valence-corrected chi connectivity index (χ4v) is 2.97. The molecule has 0 saturated heterocycles. The van der Waals surface area contributed by atoms with Crippen LogP contribution in [0.25, 0.3) is 0 Å². The number of aryl methyl sites for hydroxylation is 2. The largest absolute Gasteiger partial charge is 0.481 e. The van der Waals surface area contributed by atoms with Crippen LogP contribution >= 0.6 is 11.6 Å². The van der Waals surface area contributed by atoms with Gasteiger partial charge in [-0.1, -0.05) is 17.7 Å². The van der Waals surface area contributed by atoms with Gasteiger partial charge in [-0.3, -0.25) is 14.3 Å². The number of carbonyl (C=O) groups excluding carboxylic acids is 1. The van der Waals surface area contributed by atoms with Crippen molar-refractivity contribution in [1.82, 2.24) is 15.1 Å². The summed E-state index contributed by atoms with van der Waals surface area (Å²) in [5.74, 6) is -2.10. The summed E-state index contributed by atoms with van der Waals surface area (Å²) in [7, 11) is 0. The molecule has 2 unspecified atom stereocenters. The molecule has 0 aliphatic heterocycles. The zero-order chi connectivity index (χ0) is 19.4. The fourth-order valence-electron chi connectivity index (χ4n) is 2.86. The number of amides is 1. The fraction of sp³-hybridized carbons (Fsp3) is 0.389. The molecule has 1 amide bonds. The lowest BCUT2D eigenvalue weighted by atomic mass is 10.0. The van der Waals surface area contributed by atoms with E-state index in [2.05, 4.69) is 10.4 Å². The molecule has 2 atom stereocenters. The average molecular weight is 382 g/mol. The van der Waals surface area contributed by atoms with E-state index in [-0.39, 0.29) is 29.8 Å². The van der Waals surface area contributed by atoms with Crippen molar-refractivity contribution in [3.8, 4) is 0 Å². The Morgan fingerprint density at radius 3 is 2.54 bits per heavy atom. The average Bonchev–Trinajstić information content (AvgIpc) is 2.87. The maximum Gasteiger partial charge on any atom is 0.305 e. The number of aliphatic carboxylic acids is 1. The van der Waals surface area contributed by atoms with Gasteiger partial charge in [-0.15, -0.1) is 0 Å². The van der Waals surface area contributed by atoms with E-state index in [4.69, 9.17) is 16.7 Å². The van der Waals surface area contributed by atoms with E-state index in [0.29, 0.717) is 5.56 Å². The second kappa shape index (κ2) is 8.31. The first-order valence-electron chi connectivity index (χ1n) is 8.16. The van der Waals surface area contributed by atoms with Gasteiger partial charge in [0.2, 0.25) is 5.91 Å². The first-order valence-corrected chi connectivity index (χ1v) is 8.54. The molecule has 6 nitrogen and oxygen atoms in total. The van der Waals surface area contributed by atoms with Gasteiger partial charge in [0.1, 0.15) is 5.82 Å². The van der Waals surface area contributed by atoms with Crippen LogP contribution in [0, 0.1) is 19.7 Å². The Morgan fingerprint density at radius 1 is 1.31 bits per heavy atom. The number of rotatable bonds is 7. The predicted octanol–water partition coefficient (Wildman–Crippen LogP) is 3.58. The van der Waals surface area contributed by atoms with E-state index >= 15 is 0 Å². The second-order valence-electron chi connectivity index (χ2n) is 6.32. The van der Waals surface area contributed by atoms with E-state index in [1.165, 1.54) is 12.1 Å². The topological polar surface area (TPSA) is 84.2 Å². The van der Waals surface area contributed by atoms with E-state index in [9.17, 15) is 14.0 Å². The van der Waals surface area contributed by atoms with Crippen LogP contribution < -0.4 is 5.32 Å². The Balaban J connectivity index is 2.11. The monoisotopic (exact) mass is 381 g/mol. The van der Waals surface area contributed by atoms with Crippen LogP contribution in [0.2, 0.25) is 5.02 Å². The number of halogens is 2. The van der Waals surface area contributed by atoms with Crippen molar-refractivity contribution in [1.29, 1.82) is 0 Å². The van der Waals surface area contributed by atoms with E-state index in [0.717, 1.165) is 17.5 Å². The van der Waals surface area contributed by atoms with Crippen LogP contribution in [0.3, 0.4) is 0 Å². The molecular formula is C18H21ClFN3O3. The van der Waals surface area contributed by atoms with Crippen molar-refractivity contribution in [2.45, 2.75) is 45.7 Å². The number of aromatic nitrogens is 2. The van der Waals surface area contributed by atoms with Crippen molar-refractivity contribution in [3.63, 3.8) is 0 Å². The van der Waals surface area contributed by atoms with E-state index in [1.807, 2.05) is 26.8 Å². The molecule has 1 heterocycles. The van der Waals surface area contributed by atoms with Crippen molar-refractivity contribution in [2.75, 3.05) is 0 Å². The number of nitrogens with zero attached hydrogens (tertiary/aromatic N) is 2. The third-order valence-electron chi connectivity index (χ3n) is 4.00. The second-order valence-corrected chi connectivity index (χ2v) is 6.72. The van der Waals surface area contributed by atoms with Gasteiger partial charge >= 0.3 is 5.97 Å². The Bertz CT molecular complexity index is 822. The van der Waals surface area contributed by atoms with Gasteiger partial charge in [0.25, 0.3) is 0 Å². The number of hydrogen-bond donors (Lipinski definition) is 2. The summed E-state index contributed by atoms with van der Waals surface area (Å²) in [6.45, 7) is 5.62. The molecule has 0 bridgehead atoms. The molecule has 1 aromatic heterocycles. The van der Waals surface area contributed by atoms with Crippen LogP contribution in [-0.4, -0.2) is 26.8 Å². The van der Waals surface area contributed by atoms with E-state index < -0.39 is 17.8 Å².